The average Bonchev–Trinajstić information content (AvgIpc) is 2.57. The Balaban J connectivity index is 1.63. The zero-order valence-electron chi connectivity index (χ0n) is 12.8. The molecule has 0 aliphatic rings. The van der Waals surface area contributed by atoms with Crippen molar-refractivity contribution in [3.05, 3.63) is 50.9 Å². The van der Waals surface area contributed by atoms with Gasteiger partial charge in [0.15, 0.2) is 0 Å². The third-order valence-electron chi connectivity index (χ3n) is 3.06. The molecule has 0 fully saturated rings. The van der Waals surface area contributed by atoms with Gasteiger partial charge >= 0.3 is 0 Å². The van der Waals surface area contributed by atoms with Gasteiger partial charge in [0, 0.05) is 19.6 Å². The highest BCUT2D eigenvalue weighted by Crippen LogP contribution is 2.23. The Morgan fingerprint density at radius 1 is 1.29 bits per heavy atom. The molecule has 0 radical (unpaired) electrons. The smallest absolute Gasteiger partial charge is 0.285 e. The minimum Gasteiger partial charge on any atom is -0.489 e. The van der Waals surface area contributed by atoms with Crippen molar-refractivity contribution in [3.63, 3.8) is 0 Å². The number of aliphatic hydroxyl groups excluding tert-OH is 1. The van der Waals surface area contributed by atoms with Crippen molar-refractivity contribution < 1.29 is 9.84 Å². The highest BCUT2D eigenvalue weighted by atomic mass is 35.5. The van der Waals surface area contributed by atoms with Crippen molar-refractivity contribution in [1.82, 2.24) is 15.5 Å². The lowest BCUT2D eigenvalue weighted by molar-refractivity contribution is 0.107. The van der Waals surface area contributed by atoms with Crippen molar-refractivity contribution in [2.75, 3.05) is 31.6 Å². The minimum absolute atomic E-state index is 0.0678. The second-order valence-electron chi connectivity index (χ2n) is 4.95. The number of H-pyrrole nitrogens is 1. The van der Waals surface area contributed by atoms with E-state index in [0.717, 1.165) is 0 Å². The van der Waals surface area contributed by atoms with E-state index in [1.807, 2.05) is 12.1 Å². The van der Waals surface area contributed by atoms with Gasteiger partial charge in [0.1, 0.15) is 23.5 Å². The van der Waals surface area contributed by atoms with Gasteiger partial charge in [-0.3, -0.25) is 4.79 Å². The monoisotopic (exact) mass is 372 g/mol. The van der Waals surface area contributed by atoms with Crippen LogP contribution in [0.4, 0.5) is 5.69 Å². The summed E-state index contributed by atoms with van der Waals surface area (Å²) in [6.45, 7) is 1.57. The maximum absolute atomic E-state index is 11.3. The van der Waals surface area contributed by atoms with Crippen molar-refractivity contribution in [3.8, 4) is 5.75 Å². The number of ether oxygens (including phenoxy) is 1. The molecular weight excluding hydrogens is 355 g/mol. The van der Waals surface area contributed by atoms with Crippen LogP contribution in [0.3, 0.4) is 0 Å². The third kappa shape index (κ3) is 5.68. The van der Waals surface area contributed by atoms with Crippen LogP contribution in [0.25, 0.3) is 0 Å². The van der Waals surface area contributed by atoms with Crippen LogP contribution in [0.1, 0.15) is 0 Å². The average molecular weight is 373 g/mol. The number of hydrogen-bond donors (Lipinski definition) is 4. The molecule has 0 unspecified atom stereocenters. The highest BCUT2D eigenvalue weighted by Gasteiger charge is 2.07. The van der Waals surface area contributed by atoms with Crippen LogP contribution in [0.15, 0.2) is 35.3 Å². The van der Waals surface area contributed by atoms with Crippen LogP contribution in [0.5, 0.6) is 5.75 Å². The molecule has 0 aliphatic carbocycles. The van der Waals surface area contributed by atoms with Crippen LogP contribution < -0.4 is 20.9 Å². The van der Waals surface area contributed by atoms with E-state index < -0.39 is 11.7 Å². The number of benzene rings is 1. The Bertz CT molecular complexity index is 711. The van der Waals surface area contributed by atoms with Gasteiger partial charge in [-0.05, 0) is 12.1 Å². The van der Waals surface area contributed by atoms with E-state index in [2.05, 4.69) is 20.8 Å². The second-order valence-corrected chi connectivity index (χ2v) is 5.74. The number of hydrogen-bond acceptors (Lipinski definition) is 6. The molecule has 0 bridgehead atoms. The maximum Gasteiger partial charge on any atom is 0.285 e. The Hall–Kier alpha value is -1.80. The molecule has 1 atom stereocenters. The summed E-state index contributed by atoms with van der Waals surface area (Å²) in [5.74, 6) is 0.538. The molecule has 4 N–H and O–H groups in total. The summed E-state index contributed by atoms with van der Waals surface area (Å²) >= 11 is 11.8. The molecule has 2 aromatic rings. The number of nitrogens with zero attached hydrogens (tertiary/aromatic N) is 1. The zero-order chi connectivity index (χ0) is 17.4. The molecule has 1 aromatic heterocycles. The summed E-state index contributed by atoms with van der Waals surface area (Å²) in [6.07, 6.45) is 0.766. The number of aromatic nitrogens is 2. The van der Waals surface area contributed by atoms with Gasteiger partial charge in [-0.1, -0.05) is 35.3 Å². The van der Waals surface area contributed by atoms with Gasteiger partial charge in [-0.2, -0.15) is 5.10 Å². The first-order chi connectivity index (χ1) is 11.6. The molecular formula is C15H18Cl2N4O3. The zero-order valence-corrected chi connectivity index (χ0v) is 14.3. The second kappa shape index (κ2) is 9.48. The molecule has 1 heterocycles. The standard InChI is InChI=1S/C15H18Cl2N4O3/c16-11-3-1-2-4-13(11)24-9-10(22)7-18-5-6-19-12-8-20-21-15(23)14(12)17/h1-4,8,10,18,22H,5-7,9H2,(H2,19,21,23)/t10-/m1/s1. The molecule has 0 saturated heterocycles. The van der Waals surface area contributed by atoms with E-state index in [-0.39, 0.29) is 11.6 Å². The molecule has 1 aromatic carbocycles. The lowest BCUT2D eigenvalue weighted by Gasteiger charge is -2.14. The van der Waals surface area contributed by atoms with E-state index in [9.17, 15) is 9.90 Å². The van der Waals surface area contributed by atoms with Gasteiger partial charge in [-0.25, -0.2) is 5.10 Å². The first kappa shape index (κ1) is 18.5. The van der Waals surface area contributed by atoms with Crippen molar-refractivity contribution in [2.24, 2.45) is 0 Å². The van der Waals surface area contributed by atoms with Gasteiger partial charge in [0.05, 0.1) is 16.9 Å². The Labute approximate surface area is 148 Å². The summed E-state index contributed by atoms with van der Waals surface area (Å²) in [6, 6.07) is 7.09. The summed E-state index contributed by atoms with van der Waals surface area (Å²) in [4.78, 5) is 11.3. The van der Waals surface area contributed by atoms with Crippen LogP contribution in [-0.2, 0) is 0 Å². The number of aliphatic hydroxyl groups is 1. The predicted molar refractivity (Wildman–Crippen MR) is 94.2 cm³/mol. The Morgan fingerprint density at radius 2 is 2.08 bits per heavy atom. The van der Waals surface area contributed by atoms with Crippen molar-refractivity contribution in [2.45, 2.75) is 6.10 Å². The summed E-state index contributed by atoms with van der Waals surface area (Å²) in [5, 5.41) is 22.4. The van der Waals surface area contributed by atoms with Crippen molar-refractivity contribution >= 4 is 28.9 Å². The fraction of sp³-hybridized carbons (Fsp3) is 0.333. The Kier molecular flexibility index (Phi) is 7.33. The fourth-order valence-electron chi connectivity index (χ4n) is 1.87. The molecule has 0 amide bonds. The SMILES string of the molecule is O=c1[nH]ncc(NCCNC[C@@H](O)COc2ccccc2Cl)c1Cl. The predicted octanol–water partition coefficient (Wildman–Crippen LogP) is 1.52. The molecule has 7 nitrogen and oxygen atoms in total. The third-order valence-corrected chi connectivity index (χ3v) is 3.75. The lowest BCUT2D eigenvalue weighted by atomic mass is 10.3. The largest absolute Gasteiger partial charge is 0.489 e. The number of halogens is 2. The summed E-state index contributed by atoms with van der Waals surface area (Å²) in [7, 11) is 0. The number of aromatic amines is 1. The van der Waals surface area contributed by atoms with Crippen LogP contribution in [0, 0.1) is 0 Å². The Morgan fingerprint density at radius 3 is 2.88 bits per heavy atom. The number of anilines is 1. The van der Waals surface area contributed by atoms with E-state index in [1.54, 1.807) is 12.1 Å². The molecule has 9 heteroatoms. The molecule has 0 saturated carbocycles. The van der Waals surface area contributed by atoms with Gasteiger partial charge in [0.2, 0.25) is 0 Å². The molecule has 0 aliphatic heterocycles. The van der Waals surface area contributed by atoms with Gasteiger partial charge in [-0.15, -0.1) is 0 Å². The fourth-order valence-corrected chi connectivity index (χ4v) is 2.22. The summed E-state index contributed by atoms with van der Waals surface area (Å²) in [5.41, 5.74) is 0.0200. The topological polar surface area (TPSA) is 99.3 Å². The van der Waals surface area contributed by atoms with Crippen molar-refractivity contribution in [1.29, 1.82) is 0 Å². The van der Waals surface area contributed by atoms with E-state index >= 15 is 0 Å². The molecule has 0 spiro atoms. The first-order valence-electron chi connectivity index (χ1n) is 7.31. The number of nitrogens with one attached hydrogen (secondary N) is 3. The number of para-hydroxylation sites is 1. The van der Waals surface area contributed by atoms with Crippen LogP contribution in [-0.4, -0.2) is 47.6 Å². The molecule has 130 valence electrons. The highest BCUT2D eigenvalue weighted by molar-refractivity contribution is 6.33. The van der Waals surface area contributed by atoms with E-state index in [1.165, 1.54) is 6.20 Å². The lowest BCUT2D eigenvalue weighted by Crippen LogP contribution is -2.34. The first-order valence-corrected chi connectivity index (χ1v) is 8.06. The quantitative estimate of drug-likeness (QED) is 0.498. The molecule has 24 heavy (non-hydrogen) atoms. The van der Waals surface area contributed by atoms with Crippen LogP contribution in [0.2, 0.25) is 10.0 Å². The van der Waals surface area contributed by atoms with E-state index in [0.29, 0.717) is 36.1 Å². The number of rotatable bonds is 9. The minimum atomic E-state index is -0.675. The summed E-state index contributed by atoms with van der Waals surface area (Å²) < 4.78 is 5.45. The van der Waals surface area contributed by atoms with Gasteiger partial charge in [0.25, 0.3) is 5.56 Å². The normalized spacial score (nSPS) is 12.0. The van der Waals surface area contributed by atoms with Crippen LogP contribution >= 0.6 is 23.2 Å². The van der Waals surface area contributed by atoms with E-state index in [4.69, 9.17) is 27.9 Å². The maximum atomic E-state index is 11.3. The van der Waals surface area contributed by atoms with Gasteiger partial charge < -0.3 is 20.5 Å². The molecule has 2 rings (SSSR count).